The highest BCUT2D eigenvalue weighted by molar-refractivity contribution is 6.29. The predicted octanol–water partition coefficient (Wildman–Crippen LogP) is 6.27. The van der Waals surface area contributed by atoms with Crippen LogP contribution in [0.25, 0.3) is 11.1 Å². The van der Waals surface area contributed by atoms with Gasteiger partial charge in [-0.1, -0.05) is 72.3 Å². The minimum absolute atomic E-state index is 0.445. The van der Waals surface area contributed by atoms with E-state index in [1.165, 1.54) is 0 Å². The second kappa shape index (κ2) is 7.38. The van der Waals surface area contributed by atoms with Gasteiger partial charge in [-0.15, -0.1) is 0 Å². The van der Waals surface area contributed by atoms with Crippen LogP contribution in [-0.4, -0.2) is 9.97 Å². The van der Waals surface area contributed by atoms with E-state index in [9.17, 15) is 0 Å². The highest BCUT2D eigenvalue weighted by Gasteiger charge is 2.18. The summed E-state index contributed by atoms with van der Waals surface area (Å²) in [5.74, 6) is 1.50. The van der Waals surface area contributed by atoms with Crippen molar-refractivity contribution in [3.63, 3.8) is 0 Å². The number of nitrogens with zero attached hydrogens (tertiary/aromatic N) is 3. The van der Waals surface area contributed by atoms with E-state index in [1.807, 2.05) is 65.6 Å². The van der Waals surface area contributed by atoms with E-state index in [2.05, 4.69) is 34.2 Å². The van der Waals surface area contributed by atoms with Gasteiger partial charge in [0.2, 0.25) is 0 Å². The van der Waals surface area contributed by atoms with E-state index in [-0.39, 0.29) is 0 Å². The number of benzene rings is 2. The van der Waals surface area contributed by atoms with Crippen LogP contribution in [0.2, 0.25) is 5.15 Å². The van der Waals surface area contributed by atoms with Crippen LogP contribution in [0.1, 0.15) is 0 Å². The molecule has 0 spiro atoms. The second-order valence-corrected chi connectivity index (χ2v) is 6.11. The Bertz CT molecular complexity index is 1000. The molecule has 126 valence electrons. The van der Waals surface area contributed by atoms with Crippen molar-refractivity contribution in [3.8, 4) is 11.1 Å². The standard InChI is InChI=1S/C22H16ClN3/c23-20-13-8-15-22(25-20)26(21-14-6-7-16-24-21)19-12-5-4-11-18(19)17-9-2-1-3-10-17/h1-16H. The van der Waals surface area contributed by atoms with E-state index in [0.29, 0.717) is 5.15 Å². The molecule has 0 aliphatic carbocycles. The summed E-state index contributed by atoms with van der Waals surface area (Å²) < 4.78 is 0. The van der Waals surface area contributed by atoms with Gasteiger partial charge in [-0.05, 0) is 35.9 Å². The Morgan fingerprint density at radius 3 is 2.15 bits per heavy atom. The fourth-order valence-electron chi connectivity index (χ4n) is 2.90. The molecule has 0 saturated heterocycles. The maximum atomic E-state index is 6.16. The number of hydrogen-bond donors (Lipinski definition) is 0. The van der Waals surface area contributed by atoms with E-state index in [4.69, 9.17) is 11.6 Å². The lowest BCUT2D eigenvalue weighted by Gasteiger charge is -2.25. The van der Waals surface area contributed by atoms with Crippen LogP contribution < -0.4 is 4.90 Å². The monoisotopic (exact) mass is 357 g/mol. The molecule has 0 bridgehead atoms. The molecular weight excluding hydrogens is 342 g/mol. The Hall–Kier alpha value is -3.17. The highest BCUT2D eigenvalue weighted by atomic mass is 35.5. The van der Waals surface area contributed by atoms with Gasteiger partial charge in [0.1, 0.15) is 16.8 Å². The molecule has 26 heavy (non-hydrogen) atoms. The number of rotatable bonds is 4. The minimum Gasteiger partial charge on any atom is -0.278 e. The largest absolute Gasteiger partial charge is 0.278 e. The molecule has 2 aromatic heterocycles. The highest BCUT2D eigenvalue weighted by Crippen LogP contribution is 2.38. The number of pyridine rings is 2. The molecule has 2 aromatic carbocycles. The smallest absolute Gasteiger partial charge is 0.140 e. The molecule has 0 radical (unpaired) electrons. The van der Waals surface area contributed by atoms with Crippen LogP contribution in [0, 0.1) is 0 Å². The van der Waals surface area contributed by atoms with Crippen LogP contribution in [-0.2, 0) is 0 Å². The fraction of sp³-hybridized carbons (Fsp3) is 0. The molecule has 0 aliphatic heterocycles. The summed E-state index contributed by atoms with van der Waals surface area (Å²) in [6.45, 7) is 0. The zero-order valence-electron chi connectivity index (χ0n) is 14.0. The maximum absolute atomic E-state index is 6.16. The molecule has 4 heteroatoms. The molecule has 0 aliphatic rings. The summed E-state index contributed by atoms with van der Waals surface area (Å²) in [6, 6.07) is 29.9. The summed E-state index contributed by atoms with van der Waals surface area (Å²) in [5.41, 5.74) is 3.22. The van der Waals surface area contributed by atoms with Gasteiger partial charge < -0.3 is 0 Å². The first-order valence-electron chi connectivity index (χ1n) is 8.31. The minimum atomic E-state index is 0.445. The molecule has 3 nitrogen and oxygen atoms in total. The van der Waals surface area contributed by atoms with E-state index in [1.54, 1.807) is 12.3 Å². The van der Waals surface area contributed by atoms with Gasteiger partial charge in [-0.25, -0.2) is 9.97 Å². The van der Waals surface area contributed by atoms with Gasteiger partial charge in [-0.3, -0.25) is 4.90 Å². The first-order chi connectivity index (χ1) is 12.8. The van der Waals surface area contributed by atoms with Crippen molar-refractivity contribution in [2.45, 2.75) is 0 Å². The van der Waals surface area contributed by atoms with Crippen LogP contribution in [0.4, 0.5) is 17.3 Å². The number of anilines is 3. The fourth-order valence-corrected chi connectivity index (χ4v) is 3.06. The Morgan fingerprint density at radius 1 is 0.654 bits per heavy atom. The van der Waals surface area contributed by atoms with Crippen LogP contribution in [0.15, 0.2) is 97.2 Å². The molecular formula is C22H16ClN3. The first kappa shape index (κ1) is 16.3. The Balaban J connectivity index is 1.94. The van der Waals surface area contributed by atoms with Crippen LogP contribution in [0.3, 0.4) is 0 Å². The molecule has 4 aromatic rings. The summed E-state index contributed by atoms with van der Waals surface area (Å²) >= 11 is 6.16. The van der Waals surface area contributed by atoms with E-state index < -0.39 is 0 Å². The van der Waals surface area contributed by atoms with Crippen molar-refractivity contribution >= 4 is 28.9 Å². The average Bonchev–Trinajstić information content (AvgIpc) is 2.70. The van der Waals surface area contributed by atoms with Crippen molar-refractivity contribution in [2.75, 3.05) is 4.90 Å². The molecule has 0 atom stereocenters. The van der Waals surface area contributed by atoms with Gasteiger partial charge in [0, 0.05) is 11.8 Å². The Morgan fingerprint density at radius 2 is 1.38 bits per heavy atom. The average molecular weight is 358 g/mol. The summed E-state index contributed by atoms with van der Waals surface area (Å²) in [5, 5.41) is 0.445. The summed E-state index contributed by atoms with van der Waals surface area (Å²) in [6.07, 6.45) is 1.78. The predicted molar refractivity (Wildman–Crippen MR) is 107 cm³/mol. The van der Waals surface area contributed by atoms with E-state index >= 15 is 0 Å². The molecule has 0 fully saturated rings. The lowest BCUT2D eigenvalue weighted by atomic mass is 10.0. The molecule has 0 saturated carbocycles. The first-order valence-corrected chi connectivity index (χ1v) is 8.69. The van der Waals surface area contributed by atoms with Crippen LogP contribution >= 0.6 is 11.6 Å². The topological polar surface area (TPSA) is 29.0 Å². The molecule has 2 heterocycles. The quantitative estimate of drug-likeness (QED) is 0.403. The third kappa shape index (κ3) is 3.30. The van der Waals surface area contributed by atoms with Gasteiger partial charge in [0.05, 0.1) is 5.69 Å². The number of hydrogen-bond acceptors (Lipinski definition) is 3. The summed E-state index contributed by atoms with van der Waals surface area (Å²) in [7, 11) is 0. The summed E-state index contributed by atoms with van der Waals surface area (Å²) in [4.78, 5) is 11.1. The zero-order valence-corrected chi connectivity index (χ0v) is 14.7. The van der Waals surface area contributed by atoms with E-state index in [0.717, 1.165) is 28.5 Å². The SMILES string of the molecule is Clc1cccc(N(c2ccccn2)c2ccccc2-c2ccccc2)n1. The van der Waals surface area contributed by atoms with Crippen LogP contribution in [0.5, 0.6) is 0 Å². The molecule has 0 amide bonds. The van der Waals surface area contributed by atoms with Crippen molar-refractivity contribution in [2.24, 2.45) is 0 Å². The molecule has 0 N–H and O–H groups in total. The third-order valence-electron chi connectivity index (χ3n) is 4.04. The molecule has 0 unspecified atom stereocenters. The lowest BCUT2D eigenvalue weighted by molar-refractivity contribution is 1.13. The van der Waals surface area contributed by atoms with Crippen molar-refractivity contribution in [3.05, 3.63) is 102 Å². The van der Waals surface area contributed by atoms with Gasteiger partial charge >= 0.3 is 0 Å². The van der Waals surface area contributed by atoms with Gasteiger partial charge in [0.15, 0.2) is 0 Å². The van der Waals surface area contributed by atoms with Gasteiger partial charge in [-0.2, -0.15) is 0 Å². The Kier molecular flexibility index (Phi) is 4.63. The van der Waals surface area contributed by atoms with Crippen molar-refractivity contribution in [1.82, 2.24) is 9.97 Å². The maximum Gasteiger partial charge on any atom is 0.140 e. The Labute approximate surface area is 157 Å². The molecule has 4 rings (SSSR count). The third-order valence-corrected chi connectivity index (χ3v) is 4.25. The zero-order chi connectivity index (χ0) is 17.8. The van der Waals surface area contributed by atoms with Crippen molar-refractivity contribution in [1.29, 1.82) is 0 Å². The number of aromatic nitrogens is 2. The second-order valence-electron chi connectivity index (χ2n) is 5.73. The normalized spacial score (nSPS) is 10.5. The van der Waals surface area contributed by atoms with Gasteiger partial charge in [0.25, 0.3) is 0 Å². The van der Waals surface area contributed by atoms with Crippen molar-refractivity contribution < 1.29 is 0 Å². The lowest BCUT2D eigenvalue weighted by Crippen LogP contribution is -2.13. The number of para-hydroxylation sites is 1. The number of halogens is 1.